The average molecular weight is 286 g/mol. The molecular weight excluding hydrogens is 266 g/mol. The first-order valence-corrected chi connectivity index (χ1v) is 6.59. The van der Waals surface area contributed by atoms with E-state index in [2.05, 4.69) is 5.32 Å². The van der Waals surface area contributed by atoms with Crippen molar-refractivity contribution in [3.8, 4) is 0 Å². The molecule has 0 aliphatic rings. The topological polar surface area (TPSA) is 47.6 Å². The van der Waals surface area contributed by atoms with Crippen LogP contribution in [0.4, 0.5) is 0 Å². The maximum absolute atomic E-state index is 12.2. The molecule has 1 atom stereocenters. The maximum atomic E-state index is 12.2. The highest BCUT2D eigenvalue weighted by molar-refractivity contribution is 6.30. The second kappa shape index (κ2) is 7.48. The highest BCUT2D eigenvalue weighted by Crippen LogP contribution is 2.24. The van der Waals surface area contributed by atoms with Crippen molar-refractivity contribution in [2.75, 3.05) is 26.9 Å². The van der Waals surface area contributed by atoms with E-state index in [9.17, 15) is 4.79 Å². The highest BCUT2D eigenvalue weighted by Gasteiger charge is 2.36. The van der Waals surface area contributed by atoms with Crippen LogP contribution in [0.5, 0.6) is 0 Å². The number of hydrogen-bond acceptors (Lipinski definition) is 4. The van der Waals surface area contributed by atoms with Crippen molar-refractivity contribution in [3.63, 3.8) is 0 Å². The molecule has 0 heterocycles. The van der Waals surface area contributed by atoms with Crippen molar-refractivity contribution in [2.45, 2.75) is 19.4 Å². The molecule has 0 radical (unpaired) electrons. The Hall–Kier alpha value is -1.10. The minimum absolute atomic E-state index is 0.312. The summed E-state index contributed by atoms with van der Waals surface area (Å²) < 4.78 is 10.1. The zero-order valence-electron chi connectivity index (χ0n) is 11.5. The first-order valence-electron chi connectivity index (χ1n) is 6.21. The van der Waals surface area contributed by atoms with Crippen molar-refractivity contribution in [2.24, 2.45) is 0 Å². The van der Waals surface area contributed by atoms with Gasteiger partial charge in [-0.25, -0.2) is 4.79 Å². The maximum Gasteiger partial charge on any atom is 0.330 e. The monoisotopic (exact) mass is 285 g/mol. The summed E-state index contributed by atoms with van der Waals surface area (Å²) in [6.45, 7) is 4.99. The fourth-order valence-electron chi connectivity index (χ4n) is 1.75. The summed E-state index contributed by atoms with van der Waals surface area (Å²) in [5.74, 6) is -0.312. The molecule has 4 nitrogen and oxygen atoms in total. The summed E-state index contributed by atoms with van der Waals surface area (Å²) in [5, 5.41) is 3.81. The molecule has 5 heteroatoms. The number of methoxy groups -OCH3 is 1. The number of esters is 1. The smallest absolute Gasteiger partial charge is 0.330 e. The van der Waals surface area contributed by atoms with E-state index >= 15 is 0 Å². The molecule has 0 aromatic heterocycles. The summed E-state index contributed by atoms with van der Waals surface area (Å²) in [7, 11) is 1.62. The van der Waals surface area contributed by atoms with Crippen molar-refractivity contribution in [1.29, 1.82) is 0 Å². The third-order valence-corrected chi connectivity index (χ3v) is 3.14. The van der Waals surface area contributed by atoms with Crippen LogP contribution >= 0.6 is 11.6 Å². The van der Waals surface area contributed by atoms with E-state index in [0.29, 0.717) is 24.8 Å². The number of benzene rings is 1. The molecule has 1 aromatic carbocycles. The van der Waals surface area contributed by atoms with Crippen LogP contribution in [0.3, 0.4) is 0 Å². The standard InChI is InChI=1S/C14H20ClNO3/c1-4-19-13(17)14(2,16-9-10-18-3)11-5-7-12(15)8-6-11/h5-8,16H,4,9-10H2,1-3H3. The van der Waals surface area contributed by atoms with Crippen LogP contribution in [0.1, 0.15) is 19.4 Å². The van der Waals surface area contributed by atoms with Crippen LogP contribution in [-0.4, -0.2) is 32.8 Å². The summed E-state index contributed by atoms with van der Waals surface area (Å²) in [4.78, 5) is 12.2. The minimum atomic E-state index is -0.904. The van der Waals surface area contributed by atoms with Crippen LogP contribution in [0, 0.1) is 0 Å². The van der Waals surface area contributed by atoms with Crippen LogP contribution in [0.15, 0.2) is 24.3 Å². The Balaban J connectivity index is 2.96. The molecule has 1 unspecified atom stereocenters. The van der Waals surface area contributed by atoms with Gasteiger partial charge in [0.2, 0.25) is 0 Å². The van der Waals surface area contributed by atoms with Crippen molar-refractivity contribution < 1.29 is 14.3 Å². The van der Waals surface area contributed by atoms with Crippen molar-refractivity contribution >= 4 is 17.6 Å². The van der Waals surface area contributed by atoms with E-state index < -0.39 is 5.54 Å². The molecule has 0 aliphatic heterocycles. The fourth-order valence-corrected chi connectivity index (χ4v) is 1.88. The zero-order valence-corrected chi connectivity index (χ0v) is 12.3. The number of rotatable bonds is 7. The van der Waals surface area contributed by atoms with Gasteiger partial charge >= 0.3 is 5.97 Å². The largest absolute Gasteiger partial charge is 0.464 e. The Morgan fingerprint density at radius 1 is 1.37 bits per heavy atom. The zero-order chi connectivity index (χ0) is 14.3. The van der Waals surface area contributed by atoms with Gasteiger partial charge in [0.1, 0.15) is 5.54 Å². The normalized spacial score (nSPS) is 13.9. The van der Waals surface area contributed by atoms with Gasteiger partial charge in [0.05, 0.1) is 13.2 Å². The van der Waals surface area contributed by atoms with Gasteiger partial charge in [-0.2, -0.15) is 0 Å². The highest BCUT2D eigenvalue weighted by atomic mass is 35.5. The van der Waals surface area contributed by atoms with Gasteiger partial charge in [-0.05, 0) is 31.5 Å². The molecule has 1 N–H and O–H groups in total. The summed E-state index contributed by atoms with van der Waals surface area (Å²) in [6.07, 6.45) is 0. The van der Waals surface area contributed by atoms with E-state index in [0.717, 1.165) is 5.56 Å². The predicted molar refractivity (Wildman–Crippen MR) is 75.3 cm³/mol. The summed E-state index contributed by atoms with van der Waals surface area (Å²) in [6, 6.07) is 7.15. The van der Waals surface area contributed by atoms with Crippen molar-refractivity contribution in [3.05, 3.63) is 34.9 Å². The molecule has 1 aromatic rings. The first-order chi connectivity index (χ1) is 9.04. The minimum Gasteiger partial charge on any atom is -0.464 e. The molecular formula is C14H20ClNO3. The number of hydrogen-bond donors (Lipinski definition) is 1. The van der Waals surface area contributed by atoms with E-state index in [1.807, 2.05) is 12.1 Å². The fraction of sp³-hybridized carbons (Fsp3) is 0.500. The van der Waals surface area contributed by atoms with E-state index in [1.54, 1.807) is 33.1 Å². The summed E-state index contributed by atoms with van der Waals surface area (Å²) in [5.41, 5.74) is -0.0921. The van der Waals surface area contributed by atoms with E-state index in [-0.39, 0.29) is 5.97 Å². The predicted octanol–water partition coefficient (Wildman–Crippen LogP) is 2.35. The van der Waals surface area contributed by atoms with Gasteiger partial charge in [-0.3, -0.25) is 5.32 Å². The molecule has 0 aliphatic carbocycles. The number of carbonyl (C=O) groups excluding carboxylic acids is 1. The van der Waals surface area contributed by atoms with Gasteiger partial charge in [0.15, 0.2) is 0 Å². The molecule has 0 amide bonds. The van der Waals surface area contributed by atoms with Crippen LogP contribution < -0.4 is 5.32 Å². The Bertz CT molecular complexity index is 408. The lowest BCUT2D eigenvalue weighted by atomic mass is 9.92. The molecule has 0 spiro atoms. The molecule has 0 saturated carbocycles. The second-order valence-electron chi connectivity index (χ2n) is 4.27. The third-order valence-electron chi connectivity index (χ3n) is 2.89. The lowest BCUT2D eigenvalue weighted by Crippen LogP contribution is -2.48. The Kier molecular flexibility index (Phi) is 6.28. The van der Waals surface area contributed by atoms with E-state index in [4.69, 9.17) is 21.1 Å². The third kappa shape index (κ3) is 4.20. The Labute approximate surface area is 119 Å². The van der Waals surface area contributed by atoms with Crippen LogP contribution in [0.25, 0.3) is 0 Å². The number of carbonyl (C=O) groups is 1. The molecule has 0 fully saturated rings. The molecule has 106 valence electrons. The summed E-state index contributed by atoms with van der Waals surface area (Å²) >= 11 is 5.87. The van der Waals surface area contributed by atoms with Gasteiger partial charge in [-0.15, -0.1) is 0 Å². The van der Waals surface area contributed by atoms with Crippen LogP contribution in [-0.2, 0) is 19.8 Å². The first kappa shape index (κ1) is 16.0. The lowest BCUT2D eigenvalue weighted by molar-refractivity contribution is -0.151. The van der Waals surface area contributed by atoms with Gasteiger partial charge in [0, 0.05) is 18.7 Å². The number of nitrogens with one attached hydrogen (secondary N) is 1. The van der Waals surface area contributed by atoms with Gasteiger partial charge in [0.25, 0.3) is 0 Å². The Morgan fingerprint density at radius 2 is 2.00 bits per heavy atom. The second-order valence-corrected chi connectivity index (χ2v) is 4.71. The lowest BCUT2D eigenvalue weighted by Gasteiger charge is -2.29. The molecule has 1 rings (SSSR count). The van der Waals surface area contributed by atoms with Gasteiger partial charge < -0.3 is 9.47 Å². The Morgan fingerprint density at radius 3 is 2.53 bits per heavy atom. The molecule has 0 bridgehead atoms. The van der Waals surface area contributed by atoms with Crippen LogP contribution in [0.2, 0.25) is 5.02 Å². The quantitative estimate of drug-likeness (QED) is 0.617. The number of ether oxygens (including phenoxy) is 2. The average Bonchev–Trinajstić information content (AvgIpc) is 2.39. The number of halogens is 1. The van der Waals surface area contributed by atoms with E-state index in [1.165, 1.54) is 0 Å². The van der Waals surface area contributed by atoms with Crippen molar-refractivity contribution in [1.82, 2.24) is 5.32 Å². The molecule has 0 saturated heterocycles. The van der Waals surface area contributed by atoms with Gasteiger partial charge in [-0.1, -0.05) is 23.7 Å². The SMILES string of the molecule is CCOC(=O)C(C)(NCCOC)c1ccc(Cl)cc1. The molecule has 19 heavy (non-hydrogen) atoms.